The molecule has 10 nitrogen and oxygen atoms in total. The average molecular weight is 427 g/mol. The van der Waals surface area contributed by atoms with Gasteiger partial charge < -0.3 is 14.2 Å². The molecule has 1 aliphatic heterocycles. The van der Waals surface area contributed by atoms with Crippen LogP contribution in [0.15, 0.2) is 28.9 Å². The molecule has 0 saturated carbocycles. The van der Waals surface area contributed by atoms with E-state index in [0.29, 0.717) is 5.56 Å². The Kier molecular flexibility index (Phi) is 6.24. The van der Waals surface area contributed by atoms with Crippen LogP contribution in [0.2, 0.25) is 0 Å². The van der Waals surface area contributed by atoms with Gasteiger partial charge in [0.05, 0.1) is 36.5 Å². The maximum atomic E-state index is 12.9. The van der Waals surface area contributed by atoms with E-state index in [4.69, 9.17) is 19.7 Å². The summed E-state index contributed by atoms with van der Waals surface area (Å²) < 4.78 is 16.8. The van der Waals surface area contributed by atoms with E-state index in [2.05, 4.69) is 10.0 Å². The second-order valence-electron chi connectivity index (χ2n) is 7.33. The van der Waals surface area contributed by atoms with Crippen LogP contribution in [0, 0.1) is 0 Å². The van der Waals surface area contributed by atoms with Crippen molar-refractivity contribution in [3.63, 3.8) is 0 Å². The van der Waals surface area contributed by atoms with Gasteiger partial charge in [-0.1, -0.05) is 11.2 Å². The molecule has 0 N–H and O–H groups in total. The molecule has 0 unspecified atom stereocenters. The minimum atomic E-state index is -0.774. The van der Waals surface area contributed by atoms with Gasteiger partial charge in [0, 0.05) is 29.0 Å². The zero-order valence-electron chi connectivity index (χ0n) is 17.4. The fourth-order valence-corrected chi connectivity index (χ4v) is 3.98. The maximum Gasteiger partial charge on any atom is 0.303 e. The van der Waals surface area contributed by atoms with Crippen molar-refractivity contribution in [3.05, 3.63) is 50.9 Å². The molecule has 0 spiro atoms. The van der Waals surface area contributed by atoms with Crippen LogP contribution in [0.3, 0.4) is 0 Å². The first-order valence-electron chi connectivity index (χ1n) is 9.59. The molecule has 1 saturated heterocycles. The lowest BCUT2D eigenvalue weighted by Crippen LogP contribution is -2.45. The topological polar surface area (TPSA) is 145 Å². The summed E-state index contributed by atoms with van der Waals surface area (Å²) in [6.45, 7) is 4.14. The summed E-state index contributed by atoms with van der Waals surface area (Å²) in [7, 11) is 1.35. The van der Waals surface area contributed by atoms with E-state index in [-0.39, 0.29) is 28.9 Å². The number of carbonyl (C=O) groups excluding carboxylic acids is 4. The van der Waals surface area contributed by atoms with Crippen molar-refractivity contribution in [1.82, 2.24) is 0 Å². The van der Waals surface area contributed by atoms with Crippen molar-refractivity contribution < 1.29 is 33.4 Å². The average Bonchev–Trinajstić information content (AvgIpc) is 2.71. The molecule has 1 fully saturated rings. The van der Waals surface area contributed by atoms with Crippen LogP contribution in [-0.2, 0) is 19.1 Å². The van der Waals surface area contributed by atoms with E-state index >= 15 is 0 Å². The number of allylic oxidation sites excluding steroid dienone is 2. The maximum absolute atomic E-state index is 12.9. The molecular weight excluding hydrogens is 406 g/mol. The lowest BCUT2D eigenvalue weighted by atomic mass is 9.84. The first kappa shape index (κ1) is 22.2. The molecule has 0 amide bonds. The summed E-state index contributed by atoms with van der Waals surface area (Å²) in [6.07, 6.45) is -0.883. The number of esters is 1. The minimum absolute atomic E-state index is 0.00334. The Morgan fingerprint density at radius 2 is 1.97 bits per heavy atom. The SMILES string of the molecule is COc1c([C@H]2C[C@H](N=[N+]=[N-])[C@H](OC(C)=O)[C@@H](C)O2)ccc2c1C(=O)C(C(C)=O)=CC2=O. The monoisotopic (exact) mass is 427 g/mol. The van der Waals surface area contributed by atoms with Crippen molar-refractivity contribution in [1.29, 1.82) is 0 Å². The Bertz CT molecular complexity index is 1060. The summed E-state index contributed by atoms with van der Waals surface area (Å²) >= 11 is 0. The highest BCUT2D eigenvalue weighted by Gasteiger charge is 2.41. The van der Waals surface area contributed by atoms with Gasteiger partial charge in [-0.15, -0.1) is 0 Å². The van der Waals surface area contributed by atoms with Crippen LogP contribution in [0.4, 0.5) is 0 Å². The first-order valence-corrected chi connectivity index (χ1v) is 9.59. The molecule has 1 aliphatic carbocycles. The molecule has 0 radical (unpaired) electrons. The zero-order chi connectivity index (χ0) is 22.9. The summed E-state index contributed by atoms with van der Waals surface area (Å²) in [5.74, 6) is -2.01. The quantitative estimate of drug-likeness (QED) is 0.231. The van der Waals surface area contributed by atoms with Crippen LogP contribution in [-0.4, -0.2) is 48.7 Å². The first-order chi connectivity index (χ1) is 14.7. The van der Waals surface area contributed by atoms with Gasteiger partial charge in [-0.25, -0.2) is 0 Å². The number of ketones is 3. The number of rotatable bonds is 5. The number of benzene rings is 1. The van der Waals surface area contributed by atoms with Gasteiger partial charge in [-0.2, -0.15) is 0 Å². The Morgan fingerprint density at radius 1 is 1.26 bits per heavy atom. The molecule has 1 aromatic rings. The number of nitrogens with zero attached hydrogens (tertiary/aromatic N) is 3. The molecule has 0 bridgehead atoms. The van der Waals surface area contributed by atoms with Gasteiger partial charge in [-0.05, 0) is 31.9 Å². The van der Waals surface area contributed by atoms with E-state index in [9.17, 15) is 19.2 Å². The highest BCUT2D eigenvalue weighted by atomic mass is 16.6. The predicted molar refractivity (Wildman–Crippen MR) is 107 cm³/mol. The third kappa shape index (κ3) is 4.08. The third-order valence-corrected chi connectivity index (χ3v) is 5.31. The normalized spacial score (nSPS) is 25.1. The summed E-state index contributed by atoms with van der Waals surface area (Å²) in [5, 5.41) is 3.76. The van der Waals surface area contributed by atoms with E-state index in [1.807, 2.05) is 0 Å². The van der Waals surface area contributed by atoms with E-state index in [1.54, 1.807) is 13.0 Å². The second kappa shape index (κ2) is 8.71. The fourth-order valence-electron chi connectivity index (χ4n) is 3.98. The number of methoxy groups -OCH3 is 1. The lowest BCUT2D eigenvalue weighted by Gasteiger charge is -2.38. The van der Waals surface area contributed by atoms with Crippen LogP contribution < -0.4 is 4.74 Å². The Morgan fingerprint density at radius 3 is 2.55 bits per heavy atom. The van der Waals surface area contributed by atoms with Crippen molar-refractivity contribution in [2.75, 3.05) is 7.11 Å². The van der Waals surface area contributed by atoms with E-state index < -0.39 is 47.7 Å². The predicted octanol–water partition coefficient (Wildman–Crippen LogP) is 3.05. The Hall–Kier alpha value is -3.49. The molecule has 31 heavy (non-hydrogen) atoms. The lowest BCUT2D eigenvalue weighted by molar-refractivity contribution is -0.171. The molecule has 2 aliphatic rings. The smallest absolute Gasteiger partial charge is 0.303 e. The van der Waals surface area contributed by atoms with Crippen molar-refractivity contribution in [2.24, 2.45) is 5.11 Å². The largest absolute Gasteiger partial charge is 0.496 e. The number of hydrogen-bond acceptors (Lipinski definition) is 8. The van der Waals surface area contributed by atoms with Crippen LogP contribution in [0.25, 0.3) is 10.4 Å². The second-order valence-corrected chi connectivity index (χ2v) is 7.33. The van der Waals surface area contributed by atoms with Gasteiger partial charge in [0.15, 0.2) is 11.6 Å². The van der Waals surface area contributed by atoms with E-state index in [0.717, 1.165) is 6.08 Å². The van der Waals surface area contributed by atoms with Gasteiger partial charge in [0.1, 0.15) is 11.9 Å². The molecule has 1 heterocycles. The minimum Gasteiger partial charge on any atom is -0.496 e. The highest BCUT2D eigenvalue weighted by molar-refractivity contribution is 6.35. The van der Waals surface area contributed by atoms with Gasteiger partial charge in [-0.3, -0.25) is 19.2 Å². The van der Waals surface area contributed by atoms with Crippen molar-refractivity contribution in [2.45, 2.75) is 51.5 Å². The number of azide groups is 1. The van der Waals surface area contributed by atoms with Crippen LogP contribution >= 0.6 is 0 Å². The molecule has 0 aromatic heterocycles. The Balaban J connectivity index is 2.06. The Labute approximate surface area is 177 Å². The number of carbonyl (C=O) groups is 4. The summed E-state index contributed by atoms with van der Waals surface area (Å²) in [6, 6.07) is 2.37. The van der Waals surface area contributed by atoms with Crippen LogP contribution in [0.1, 0.15) is 59.6 Å². The number of ether oxygens (including phenoxy) is 3. The molecule has 3 rings (SSSR count). The summed E-state index contributed by atoms with van der Waals surface area (Å²) in [5.41, 5.74) is 9.32. The molecule has 4 atom stereocenters. The highest BCUT2D eigenvalue weighted by Crippen LogP contribution is 2.42. The van der Waals surface area contributed by atoms with Gasteiger partial charge in [0.2, 0.25) is 5.78 Å². The standard InChI is InChI=1S/C21H21N3O7/c1-9(25)14-7-16(27)12-5-6-13(21(29-4)18(12)19(14)28)17-8-15(23-24-22)20(10(2)30-17)31-11(3)26/h5-7,10,15,17,20H,8H2,1-4H3/t10-,15+,17-,20-/m1/s1. The van der Waals surface area contributed by atoms with E-state index in [1.165, 1.54) is 27.0 Å². The number of Topliss-reactive ketones (excluding diaryl/α,β-unsaturated/α-hetero) is 2. The molecule has 10 heteroatoms. The zero-order valence-corrected chi connectivity index (χ0v) is 17.4. The molecule has 162 valence electrons. The summed E-state index contributed by atoms with van der Waals surface area (Å²) in [4.78, 5) is 51.5. The van der Waals surface area contributed by atoms with Crippen LogP contribution in [0.5, 0.6) is 5.75 Å². The molecule has 1 aromatic carbocycles. The fraction of sp³-hybridized carbons (Fsp3) is 0.429. The third-order valence-electron chi connectivity index (χ3n) is 5.31. The number of hydrogen-bond donors (Lipinski definition) is 0. The van der Waals surface area contributed by atoms with Gasteiger partial charge in [0.25, 0.3) is 0 Å². The van der Waals surface area contributed by atoms with Gasteiger partial charge >= 0.3 is 5.97 Å². The molecular formula is C21H21N3O7. The number of fused-ring (bicyclic) bond motifs is 1. The van der Waals surface area contributed by atoms with Crippen molar-refractivity contribution >= 4 is 23.3 Å². The van der Waals surface area contributed by atoms with Crippen molar-refractivity contribution in [3.8, 4) is 5.75 Å².